The monoisotopic (exact) mass is 184 g/mol. The van der Waals surface area contributed by atoms with Crippen LogP contribution in [0.1, 0.15) is 67.2 Å². The molecule has 0 saturated heterocycles. The lowest BCUT2D eigenvalue weighted by Gasteiger charge is -2.36. The zero-order chi connectivity index (χ0) is 10.5. The summed E-state index contributed by atoms with van der Waals surface area (Å²) in [6.45, 7) is 14.1. The Balaban J connectivity index is 4.22. The minimum Gasteiger partial charge on any atom is -0.0648 e. The summed E-state index contributed by atoms with van der Waals surface area (Å²) < 4.78 is 0. The highest BCUT2D eigenvalue weighted by molar-refractivity contribution is 4.80. The van der Waals surface area contributed by atoms with Crippen molar-refractivity contribution in [1.82, 2.24) is 0 Å². The molecule has 0 rings (SSSR count). The van der Waals surface area contributed by atoms with Gasteiger partial charge in [-0.15, -0.1) is 0 Å². The third-order valence-corrected chi connectivity index (χ3v) is 3.85. The van der Waals surface area contributed by atoms with Crippen LogP contribution in [0.15, 0.2) is 0 Å². The Bertz CT molecular complexity index is 118. The molecule has 80 valence electrons. The molecule has 0 aromatic carbocycles. The molecule has 0 spiro atoms. The molecular weight excluding hydrogens is 156 g/mol. The maximum absolute atomic E-state index is 2.38. The first-order valence-corrected chi connectivity index (χ1v) is 5.98. The molecule has 0 aliphatic rings. The largest absolute Gasteiger partial charge is 0.0648 e. The normalized spacial score (nSPS) is 12.9. The zero-order valence-electron chi connectivity index (χ0n) is 10.5. The molecule has 0 heterocycles. The molecule has 0 heteroatoms. The lowest BCUT2D eigenvalue weighted by Crippen LogP contribution is -2.26. The maximum atomic E-state index is 2.38. The van der Waals surface area contributed by atoms with Gasteiger partial charge in [0.15, 0.2) is 0 Å². The molecule has 13 heavy (non-hydrogen) atoms. The molecular formula is C13H28. The van der Waals surface area contributed by atoms with Gasteiger partial charge in [0.1, 0.15) is 0 Å². The Kier molecular flexibility index (Phi) is 5.67. The Morgan fingerprint density at radius 2 is 1.38 bits per heavy atom. The van der Waals surface area contributed by atoms with Gasteiger partial charge in [-0.25, -0.2) is 0 Å². The molecule has 0 aliphatic carbocycles. The minimum atomic E-state index is 0.615. The van der Waals surface area contributed by atoms with Crippen molar-refractivity contribution in [1.29, 1.82) is 0 Å². The first-order valence-electron chi connectivity index (χ1n) is 5.98. The molecule has 0 unspecified atom stereocenters. The van der Waals surface area contributed by atoms with Crippen LogP contribution in [0.3, 0.4) is 0 Å². The van der Waals surface area contributed by atoms with Crippen molar-refractivity contribution in [3.63, 3.8) is 0 Å². The fraction of sp³-hybridized carbons (Fsp3) is 1.00. The van der Waals surface area contributed by atoms with Gasteiger partial charge in [0.2, 0.25) is 0 Å². The molecule has 0 atom stereocenters. The molecule has 0 fully saturated rings. The predicted molar refractivity (Wildman–Crippen MR) is 61.9 cm³/mol. The van der Waals surface area contributed by atoms with E-state index >= 15 is 0 Å². The van der Waals surface area contributed by atoms with Crippen LogP contribution in [0.4, 0.5) is 0 Å². The van der Waals surface area contributed by atoms with Crippen LogP contribution in [0.25, 0.3) is 0 Å². The van der Waals surface area contributed by atoms with Gasteiger partial charge in [-0.2, -0.15) is 0 Å². The second kappa shape index (κ2) is 5.67. The third-order valence-electron chi connectivity index (χ3n) is 3.85. The fourth-order valence-electron chi connectivity index (χ4n) is 2.28. The van der Waals surface area contributed by atoms with E-state index in [1.54, 1.807) is 0 Å². The van der Waals surface area contributed by atoms with Crippen LogP contribution < -0.4 is 0 Å². The van der Waals surface area contributed by atoms with Crippen molar-refractivity contribution in [2.75, 3.05) is 0 Å². The SMILES string of the molecule is CCC(CC)(CCC(C)C)C(C)C. The average Bonchev–Trinajstić information content (AvgIpc) is 2.06. The quantitative estimate of drug-likeness (QED) is 0.551. The van der Waals surface area contributed by atoms with Crippen LogP contribution in [0, 0.1) is 17.3 Å². The van der Waals surface area contributed by atoms with Gasteiger partial charge in [0, 0.05) is 0 Å². The van der Waals surface area contributed by atoms with Crippen LogP contribution in [-0.2, 0) is 0 Å². The number of hydrogen-bond donors (Lipinski definition) is 0. The fourth-order valence-corrected chi connectivity index (χ4v) is 2.28. The van der Waals surface area contributed by atoms with Gasteiger partial charge in [0.25, 0.3) is 0 Å². The van der Waals surface area contributed by atoms with E-state index in [0.717, 1.165) is 11.8 Å². The Morgan fingerprint density at radius 3 is 1.62 bits per heavy atom. The molecule has 0 nitrogen and oxygen atoms in total. The van der Waals surface area contributed by atoms with E-state index in [1.807, 2.05) is 0 Å². The van der Waals surface area contributed by atoms with E-state index in [-0.39, 0.29) is 0 Å². The summed E-state index contributed by atoms with van der Waals surface area (Å²) in [4.78, 5) is 0. The molecule has 0 N–H and O–H groups in total. The lowest BCUT2D eigenvalue weighted by atomic mass is 9.69. The molecule has 0 radical (unpaired) electrons. The summed E-state index contributed by atoms with van der Waals surface area (Å²) in [5, 5.41) is 0. The predicted octanol–water partition coefficient (Wildman–Crippen LogP) is 4.89. The van der Waals surface area contributed by atoms with Crippen molar-refractivity contribution in [2.24, 2.45) is 17.3 Å². The van der Waals surface area contributed by atoms with Crippen molar-refractivity contribution >= 4 is 0 Å². The van der Waals surface area contributed by atoms with E-state index in [9.17, 15) is 0 Å². The summed E-state index contributed by atoms with van der Waals surface area (Å²) in [5.74, 6) is 1.69. The highest BCUT2D eigenvalue weighted by Crippen LogP contribution is 2.40. The topological polar surface area (TPSA) is 0 Å². The lowest BCUT2D eigenvalue weighted by molar-refractivity contribution is 0.143. The molecule has 0 amide bonds. The highest BCUT2D eigenvalue weighted by Gasteiger charge is 2.29. The van der Waals surface area contributed by atoms with Crippen LogP contribution in [0.2, 0.25) is 0 Å². The summed E-state index contributed by atoms with van der Waals surface area (Å²) in [7, 11) is 0. The molecule has 0 aromatic rings. The van der Waals surface area contributed by atoms with Gasteiger partial charge < -0.3 is 0 Å². The van der Waals surface area contributed by atoms with Crippen molar-refractivity contribution < 1.29 is 0 Å². The van der Waals surface area contributed by atoms with Crippen LogP contribution in [0.5, 0.6) is 0 Å². The smallest absolute Gasteiger partial charge is 0.0280 e. The van der Waals surface area contributed by atoms with E-state index in [0.29, 0.717) is 5.41 Å². The van der Waals surface area contributed by atoms with E-state index in [2.05, 4.69) is 41.5 Å². The molecule has 0 aromatic heterocycles. The van der Waals surface area contributed by atoms with Gasteiger partial charge in [-0.1, -0.05) is 60.8 Å². The summed E-state index contributed by atoms with van der Waals surface area (Å²) in [5.41, 5.74) is 0.615. The molecule has 0 bridgehead atoms. The van der Waals surface area contributed by atoms with Crippen molar-refractivity contribution in [2.45, 2.75) is 67.2 Å². The van der Waals surface area contributed by atoms with E-state index < -0.39 is 0 Å². The second-order valence-corrected chi connectivity index (χ2v) is 5.16. The summed E-state index contributed by atoms with van der Waals surface area (Å²) >= 11 is 0. The van der Waals surface area contributed by atoms with Gasteiger partial charge >= 0.3 is 0 Å². The summed E-state index contributed by atoms with van der Waals surface area (Å²) in [6.07, 6.45) is 5.48. The Hall–Kier alpha value is 0. The second-order valence-electron chi connectivity index (χ2n) is 5.16. The first-order chi connectivity index (χ1) is 5.98. The maximum Gasteiger partial charge on any atom is -0.0280 e. The Labute approximate surface area is 85.1 Å². The van der Waals surface area contributed by atoms with Gasteiger partial charge in [-0.05, 0) is 23.7 Å². The average molecular weight is 184 g/mol. The van der Waals surface area contributed by atoms with Crippen molar-refractivity contribution in [3.8, 4) is 0 Å². The standard InChI is InChI=1S/C13H28/c1-7-13(8-2,12(5)6)10-9-11(3)4/h11-12H,7-10H2,1-6H3. The minimum absolute atomic E-state index is 0.615. The van der Waals surface area contributed by atoms with E-state index in [4.69, 9.17) is 0 Å². The third kappa shape index (κ3) is 3.70. The van der Waals surface area contributed by atoms with Crippen LogP contribution in [-0.4, -0.2) is 0 Å². The van der Waals surface area contributed by atoms with E-state index in [1.165, 1.54) is 25.7 Å². The van der Waals surface area contributed by atoms with Gasteiger partial charge in [0.05, 0.1) is 0 Å². The first kappa shape index (κ1) is 13.0. The van der Waals surface area contributed by atoms with Crippen molar-refractivity contribution in [3.05, 3.63) is 0 Å². The highest BCUT2D eigenvalue weighted by atomic mass is 14.3. The molecule has 0 aliphatic heterocycles. The summed E-state index contributed by atoms with van der Waals surface area (Å²) in [6, 6.07) is 0. The Morgan fingerprint density at radius 1 is 0.923 bits per heavy atom. The number of rotatable bonds is 6. The number of hydrogen-bond acceptors (Lipinski definition) is 0. The molecule has 0 saturated carbocycles. The van der Waals surface area contributed by atoms with Gasteiger partial charge in [-0.3, -0.25) is 0 Å². The van der Waals surface area contributed by atoms with Crippen LogP contribution >= 0.6 is 0 Å². The zero-order valence-corrected chi connectivity index (χ0v) is 10.5.